The standard InChI is InChI=1S/C21H25NO6S/c1-14(2)20(21(23)28-13-16-6-4-15(3)5-7-16)22-29(24,25)17-8-9-18-19(12-17)27-11-10-26-18/h4-9,12,14,20,22H,10-11,13H2,1-3H3/t20-/m0/s1. The van der Waals surface area contributed by atoms with E-state index in [2.05, 4.69) is 4.72 Å². The maximum absolute atomic E-state index is 12.8. The van der Waals surface area contributed by atoms with Crippen molar-refractivity contribution in [2.75, 3.05) is 13.2 Å². The lowest BCUT2D eigenvalue weighted by Gasteiger charge is -2.22. The summed E-state index contributed by atoms with van der Waals surface area (Å²) in [5.41, 5.74) is 1.94. The van der Waals surface area contributed by atoms with E-state index in [0.29, 0.717) is 24.7 Å². The molecule has 1 atom stereocenters. The van der Waals surface area contributed by atoms with Gasteiger partial charge in [0.1, 0.15) is 25.9 Å². The zero-order valence-electron chi connectivity index (χ0n) is 16.7. The van der Waals surface area contributed by atoms with E-state index in [-0.39, 0.29) is 17.4 Å². The molecule has 1 heterocycles. The predicted octanol–water partition coefficient (Wildman–Crippen LogP) is 2.81. The van der Waals surface area contributed by atoms with Crippen LogP contribution in [0.3, 0.4) is 0 Å². The lowest BCUT2D eigenvalue weighted by atomic mass is 10.1. The van der Waals surface area contributed by atoms with Crippen molar-refractivity contribution in [1.29, 1.82) is 0 Å². The Morgan fingerprint density at radius 1 is 1.07 bits per heavy atom. The molecule has 1 aliphatic heterocycles. The van der Waals surface area contributed by atoms with E-state index in [1.54, 1.807) is 19.9 Å². The lowest BCUT2D eigenvalue weighted by Crippen LogP contribution is -2.45. The van der Waals surface area contributed by atoms with E-state index in [9.17, 15) is 13.2 Å². The fourth-order valence-electron chi connectivity index (χ4n) is 2.81. The van der Waals surface area contributed by atoms with Gasteiger partial charge in [0.05, 0.1) is 4.90 Å². The van der Waals surface area contributed by atoms with Crippen LogP contribution in [0.15, 0.2) is 47.4 Å². The minimum absolute atomic E-state index is 0.00117. The normalized spacial score (nSPS) is 14.5. The summed E-state index contributed by atoms with van der Waals surface area (Å²) < 4.78 is 44.3. The number of esters is 1. The molecule has 8 heteroatoms. The summed E-state index contributed by atoms with van der Waals surface area (Å²) in [4.78, 5) is 12.6. The molecule has 2 aromatic rings. The van der Waals surface area contributed by atoms with E-state index in [1.165, 1.54) is 12.1 Å². The number of hydrogen-bond donors (Lipinski definition) is 1. The molecule has 29 heavy (non-hydrogen) atoms. The number of aryl methyl sites for hydroxylation is 1. The molecule has 0 radical (unpaired) electrons. The van der Waals surface area contributed by atoms with Gasteiger partial charge in [-0.1, -0.05) is 43.7 Å². The van der Waals surface area contributed by atoms with Gasteiger partial charge in [-0.15, -0.1) is 0 Å². The van der Waals surface area contributed by atoms with Crippen molar-refractivity contribution in [3.8, 4) is 11.5 Å². The molecule has 2 aromatic carbocycles. The molecule has 0 unspecified atom stereocenters. The minimum atomic E-state index is -3.96. The fraction of sp³-hybridized carbons (Fsp3) is 0.381. The van der Waals surface area contributed by atoms with Crippen LogP contribution in [0.5, 0.6) is 11.5 Å². The first-order chi connectivity index (χ1) is 13.8. The van der Waals surface area contributed by atoms with Crippen LogP contribution in [-0.2, 0) is 26.2 Å². The third-order valence-corrected chi connectivity index (χ3v) is 5.97. The highest BCUT2D eigenvalue weighted by atomic mass is 32.2. The average Bonchev–Trinajstić information content (AvgIpc) is 2.71. The Hall–Kier alpha value is -2.58. The topological polar surface area (TPSA) is 90.9 Å². The smallest absolute Gasteiger partial charge is 0.324 e. The van der Waals surface area contributed by atoms with Gasteiger partial charge in [-0.2, -0.15) is 4.72 Å². The van der Waals surface area contributed by atoms with Crippen LogP contribution in [-0.4, -0.2) is 33.6 Å². The van der Waals surface area contributed by atoms with Crippen molar-refractivity contribution in [3.05, 3.63) is 53.6 Å². The van der Waals surface area contributed by atoms with Gasteiger partial charge in [0, 0.05) is 6.07 Å². The molecule has 3 rings (SSSR count). The molecule has 0 aromatic heterocycles. The van der Waals surface area contributed by atoms with E-state index in [0.717, 1.165) is 11.1 Å². The van der Waals surface area contributed by atoms with Gasteiger partial charge in [0.15, 0.2) is 11.5 Å². The Morgan fingerprint density at radius 2 is 1.72 bits per heavy atom. The number of carbonyl (C=O) groups is 1. The van der Waals surface area contributed by atoms with Crippen LogP contribution in [0.2, 0.25) is 0 Å². The molecule has 0 fully saturated rings. The molecule has 156 valence electrons. The van der Waals surface area contributed by atoms with E-state index >= 15 is 0 Å². The van der Waals surface area contributed by atoms with Gasteiger partial charge in [0.25, 0.3) is 0 Å². The summed E-state index contributed by atoms with van der Waals surface area (Å²) in [5, 5.41) is 0. The molecular weight excluding hydrogens is 394 g/mol. The largest absolute Gasteiger partial charge is 0.486 e. The van der Waals surface area contributed by atoms with Crippen LogP contribution in [0.1, 0.15) is 25.0 Å². The molecule has 0 saturated carbocycles. The van der Waals surface area contributed by atoms with Crippen molar-refractivity contribution in [1.82, 2.24) is 4.72 Å². The first-order valence-electron chi connectivity index (χ1n) is 9.40. The number of hydrogen-bond acceptors (Lipinski definition) is 6. The number of carbonyl (C=O) groups excluding carboxylic acids is 1. The summed E-state index contributed by atoms with van der Waals surface area (Å²) in [6.07, 6.45) is 0. The molecule has 0 spiro atoms. The third kappa shape index (κ3) is 5.27. The third-order valence-electron chi connectivity index (χ3n) is 4.53. The van der Waals surface area contributed by atoms with Crippen LogP contribution in [0.25, 0.3) is 0 Å². The average molecular weight is 419 g/mol. The number of sulfonamides is 1. The minimum Gasteiger partial charge on any atom is -0.486 e. The van der Waals surface area contributed by atoms with Crippen LogP contribution < -0.4 is 14.2 Å². The SMILES string of the molecule is Cc1ccc(COC(=O)[C@@H](NS(=O)(=O)c2ccc3c(c2)OCCO3)C(C)C)cc1. The van der Waals surface area contributed by atoms with Gasteiger partial charge in [-0.3, -0.25) is 4.79 Å². The molecule has 0 aliphatic carbocycles. The lowest BCUT2D eigenvalue weighted by molar-refractivity contribution is -0.148. The molecule has 0 saturated heterocycles. The van der Waals surface area contributed by atoms with Crippen molar-refractivity contribution in [2.24, 2.45) is 5.92 Å². The van der Waals surface area contributed by atoms with Gasteiger partial charge in [-0.05, 0) is 30.5 Å². The highest BCUT2D eigenvalue weighted by Crippen LogP contribution is 2.32. The Labute approximate surface area is 171 Å². The monoisotopic (exact) mass is 419 g/mol. The van der Waals surface area contributed by atoms with Gasteiger partial charge in [-0.25, -0.2) is 8.42 Å². The van der Waals surface area contributed by atoms with Crippen LogP contribution in [0, 0.1) is 12.8 Å². The van der Waals surface area contributed by atoms with Gasteiger partial charge >= 0.3 is 5.97 Å². The van der Waals surface area contributed by atoms with Crippen molar-refractivity contribution in [3.63, 3.8) is 0 Å². The molecule has 0 bridgehead atoms. The molecule has 7 nitrogen and oxygen atoms in total. The predicted molar refractivity (Wildman–Crippen MR) is 107 cm³/mol. The van der Waals surface area contributed by atoms with Crippen molar-refractivity contribution >= 4 is 16.0 Å². The second kappa shape index (κ2) is 8.84. The number of rotatable bonds is 7. The number of fused-ring (bicyclic) bond motifs is 1. The molecule has 1 N–H and O–H groups in total. The Kier molecular flexibility index (Phi) is 6.44. The highest BCUT2D eigenvalue weighted by Gasteiger charge is 2.30. The summed E-state index contributed by atoms with van der Waals surface area (Å²) in [5.74, 6) is -0.0653. The molecular formula is C21H25NO6S. The van der Waals surface area contributed by atoms with E-state index < -0.39 is 22.0 Å². The van der Waals surface area contributed by atoms with Crippen molar-refractivity contribution < 1.29 is 27.4 Å². The molecule has 0 amide bonds. The quantitative estimate of drug-likeness (QED) is 0.694. The zero-order chi connectivity index (χ0) is 21.0. The Morgan fingerprint density at radius 3 is 2.38 bits per heavy atom. The zero-order valence-corrected chi connectivity index (χ0v) is 17.5. The summed E-state index contributed by atoms with van der Waals surface area (Å²) in [6.45, 7) is 6.32. The highest BCUT2D eigenvalue weighted by molar-refractivity contribution is 7.89. The summed E-state index contributed by atoms with van der Waals surface area (Å²) in [6, 6.07) is 10.9. The Balaban J connectivity index is 1.71. The first-order valence-corrected chi connectivity index (χ1v) is 10.9. The number of benzene rings is 2. The van der Waals surface area contributed by atoms with Gasteiger partial charge < -0.3 is 14.2 Å². The number of nitrogens with one attached hydrogen (secondary N) is 1. The summed E-state index contributed by atoms with van der Waals surface area (Å²) in [7, 11) is -3.96. The second-order valence-electron chi connectivity index (χ2n) is 7.24. The van der Waals surface area contributed by atoms with Crippen LogP contribution >= 0.6 is 0 Å². The van der Waals surface area contributed by atoms with E-state index in [1.807, 2.05) is 31.2 Å². The van der Waals surface area contributed by atoms with E-state index in [4.69, 9.17) is 14.2 Å². The maximum atomic E-state index is 12.8. The first kappa shape index (κ1) is 21.1. The summed E-state index contributed by atoms with van der Waals surface area (Å²) >= 11 is 0. The van der Waals surface area contributed by atoms with Gasteiger partial charge in [0.2, 0.25) is 10.0 Å². The number of ether oxygens (including phenoxy) is 3. The Bertz CT molecular complexity index is 969. The molecule has 1 aliphatic rings. The maximum Gasteiger partial charge on any atom is 0.324 e. The van der Waals surface area contributed by atoms with Crippen molar-refractivity contribution in [2.45, 2.75) is 38.3 Å². The second-order valence-corrected chi connectivity index (χ2v) is 8.96. The fourth-order valence-corrected chi connectivity index (χ4v) is 4.16. The van der Waals surface area contributed by atoms with Crippen LogP contribution in [0.4, 0.5) is 0 Å².